The molecule has 2 N–H and O–H groups in total. The highest BCUT2D eigenvalue weighted by molar-refractivity contribution is 6.31. The van der Waals surface area contributed by atoms with Crippen molar-refractivity contribution in [3.63, 3.8) is 0 Å². The van der Waals surface area contributed by atoms with E-state index in [2.05, 4.69) is 10.6 Å². The maximum atomic E-state index is 11.9. The maximum Gasteiger partial charge on any atom is 0.241 e. The molecule has 0 bridgehead atoms. The molecule has 100 valence electrons. The predicted octanol–water partition coefficient (Wildman–Crippen LogP) is 3.15. The number of aryl methyl sites for hydroxylation is 1. The molecule has 1 aromatic rings. The molecule has 1 aliphatic heterocycles. The molecule has 3 nitrogen and oxygen atoms in total. The molecule has 1 atom stereocenters. The van der Waals surface area contributed by atoms with Crippen molar-refractivity contribution in [2.75, 3.05) is 11.9 Å². The zero-order valence-corrected chi connectivity index (χ0v) is 11.9. The lowest BCUT2D eigenvalue weighted by Gasteiger charge is -2.22. The van der Waals surface area contributed by atoms with Crippen molar-refractivity contribution in [1.29, 1.82) is 0 Å². The molecule has 0 radical (unpaired) electrons. The van der Waals surface area contributed by atoms with Crippen LogP contribution in [0.3, 0.4) is 0 Å². The van der Waals surface area contributed by atoms with E-state index < -0.39 is 0 Å². The van der Waals surface area contributed by atoms with Crippen molar-refractivity contribution in [2.45, 2.75) is 32.2 Å². The van der Waals surface area contributed by atoms with Gasteiger partial charge in [0.2, 0.25) is 5.91 Å². The van der Waals surface area contributed by atoms with E-state index in [1.165, 1.54) is 0 Å². The summed E-state index contributed by atoms with van der Waals surface area (Å²) in [5.74, 6) is 0.0321. The Morgan fingerprint density at radius 2 is 2.22 bits per heavy atom. The van der Waals surface area contributed by atoms with Crippen LogP contribution >= 0.6 is 24.0 Å². The fraction of sp³-hybridized carbons (Fsp3) is 0.462. The second-order valence-corrected chi connectivity index (χ2v) is 4.86. The van der Waals surface area contributed by atoms with Crippen LogP contribution in [-0.4, -0.2) is 18.5 Å². The van der Waals surface area contributed by atoms with Crippen molar-refractivity contribution >= 4 is 35.6 Å². The second-order valence-electron chi connectivity index (χ2n) is 4.46. The Bertz CT molecular complexity index is 417. The van der Waals surface area contributed by atoms with Crippen LogP contribution in [0.15, 0.2) is 18.2 Å². The SMILES string of the molecule is Cc1ccc(NC(=O)[C@H]2CCCCN2)cc1Cl.Cl. The molecule has 1 aliphatic rings. The van der Waals surface area contributed by atoms with Gasteiger partial charge in [-0.15, -0.1) is 12.4 Å². The van der Waals surface area contributed by atoms with Crippen molar-refractivity contribution in [3.8, 4) is 0 Å². The van der Waals surface area contributed by atoms with Crippen LogP contribution < -0.4 is 10.6 Å². The van der Waals surface area contributed by atoms with Crippen LogP contribution in [0.5, 0.6) is 0 Å². The van der Waals surface area contributed by atoms with E-state index in [1.54, 1.807) is 6.07 Å². The number of hydrogen-bond donors (Lipinski definition) is 2. The third kappa shape index (κ3) is 3.87. The lowest BCUT2D eigenvalue weighted by atomic mass is 10.0. The smallest absolute Gasteiger partial charge is 0.241 e. The van der Waals surface area contributed by atoms with Gasteiger partial charge in [-0.3, -0.25) is 4.79 Å². The Kier molecular flexibility index (Phi) is 5.93. The first-order valence-electron chi connectivity index (χ1n) is 5.97. The normalized spacial score (nSPS) is 18.9. The first kappa shape index (κ1) is 15.3. The van der Waals surface area contributed by atoms with Gasteiger partial charge in [-0.05, 0) is 44.0 Å². The second kappa shape index (κ2) is 6.98. The minimum Gasteiger partial charge on any atom is -0.325 e. The van der Waals surface area contributed by atoms with Crippen LogP contribution in [0.1, 0.15) is 24.8 Å². The van der Waals surface area contributed by atoms with Gasteiger partial charge < -0.3 is 10.6 Å². The summed E-state index contributed by atoms with van der Waals surface area (Å²) in [6.07, 6.45) is 3.17. The summed E-state index contributed by atoms with van der Waals surface area (Å²) < 4.78 is 0. The van der Waals surface area contributed by atoms with Crippen LogP contribution in [0, 0.1) is 6.92 Å². The summed E-state index contributed by atoms with van der Waals surface area (Å²) in [5.41, 5.74) is 1.78. The molecule has 1 heterocycles. The number of hydrogen-bond acceptors (Lipinski definition) is 2. The van der Waals surface area contributed by atoms with Crippen molar-refractivity contribution in [1.82, 2.24) is 5.32 Å². The zero-order chi connectivity index (χ0) is 12.3. The molecule has 18 heavy (non-hydrogen) atoms. The Hall–Kier alpha value is -0.770. The van der Waals surface area contributed by atoms with Gasteiger partial charge >= 0.3 is 0 Å². The number of anilines is 1. The zero-order valence-electron chi connectivity index (χ0n) is 10.3. The van der Waals surface area contributed by atoms with Gasteiger partial charge in [-0.25, -0.2) is 0 Å². The van der Waals surface area contributed by atoms with Crippen LogP contribution in [0.2, 0.25) is 5.02 Å². The molecule has 0 unspecified atom stereocenters. The highest BCUT2D eigenvalue weighted by Crippen LogP contribution is 2.20. The summed E-state index contributed by atoms with van der Waals surface area (Å²) >= 11 is 6.02. The summed E-state index contributed by atoms with van der Waals surface area (Å²) in [6, 6.07) is 5.51. The van der Waals surface area contributed by atoms with Crippen LogP contribution in [0.25, 0.3) is 0 Å². The van der Waals surface area contributed by atoms with E-state index in [-0.39, 0.29) is 24.4 Å². The highest BCUT2D eigenvalue weighted by Gasteiger charge is 2.20. The Morgan fingerprint density at radius 1 is 1.44 bits per heavy atom. The molecule has 0 aliphatic carbocycles. The number of carbonyl (C=O) groups excluding carboxylic acids is 1. The molecular formula is C13H18Cl2N2O. The summed E-state index contributed by atoms with van der Waals surface area (Å²) in [6.45, 7) is 2.86. The Morgan fingerprint density at radius 3 is 2.83 bits per heavy atom. The Balaban J connectivity index is 0.00000162. The lowest BCUT2D eigenvalue weighted by Crippen LogP contribution is -2.43. The predicted molar refractivity (Wildman–Crippen MR) is 77.7 cm³/mol. The van der Waals surface area contributed by atoms with Gasteiger partial charge in [0, 0.05) is 10.7 Å². The quantitative estimate of drug-likeness (QED) is 0.878. The monoisotopic (exact) mass is 288 g/mol. The summed E-state index contributed by atoms with van der Waals surface area (Å²) in [4.78, 5) is 11.9. The third-order valence-electron chi connectivity index (χ3n) is 3.07. The number of nitrogens with one attached hydrogen (secondary N) is 2. The summed E-state index contributed by atoms with van der Waals surface area (Å²) in [5, 5.41) is 6.79. The van der Waals surface area contributed by atoms with E-state index in [0.717, 1.165) is 37.1 Å². The standard InChI is InChI=1S/C13H17ClN2O.ClH/c1-9-5-6-10(8-11(9)14)16-13(17)12-4-2-3-7-15-12;/h5-6,8,12,15H,2-4,7H2,1H3,(H,16,17);1H/t12-;/m1./s1. The van der Waals surface area contributed by atoms with Crippen LogP contribution in [0.4, 0.5) is 5.69 Å². The number of piperidine rings is 1. The lowest BCUT2D eigenvalue weighted by molar-refractivity contribution is -0.118. The van der Waals surface area contributed by atoms with E-state index >= 15 is 0 Å². The highest BCUT2D eigenvalue weighted by atomic mass is 35.5. The summed E-state index contributed by atoms with van der Waals surface area (Å²) in [7, 11) is 0. The number of amides is 1. The molecule has 1 aromatic carbocycles. The van der Waals surface area contributed by atoms with Crippen LogP contribution in [-0.2, 0) is 4.79 Å². The third-order valence-corrected chi connectivity index (χ3v) is 3.47. The van der Waals surface area contributed by atoms with Crippen molar-refractivity contribution < 1.29 is 4.79 Å². The molecule has 1 saturated heterocycles. The molecule has 2 rings (SSSR count). The fourth-order valence-corrected chi connectivity index (χ4v) is 2.16. The van der Waals surface area contributed by atoms with E-state index in [4.69, 9.17) is 11.6 Å². The molecule has 0 spiro atoms. The molecule has 1 amide bonds. The van der Waals surface area contributed by atoms with Gasteiger partial charge in [0.05, 0.1) is 6.04 Å². The maximum absolute atomic E-state index is 11.9. The first-order valence-corrected chi connectivity index (χ1v) is 6.35. The van der Waals surface area contributed by atoms with Gasteiger partial charge in [-0.1, -0.05) is 24.1 Å². The number of rotatable bonds is 2. The first-order chi connectivity index (χ1) is 8.16. The van der Waals surface area contributed by atoms with Gasteiger partial charge in [0.15, 0.2) is 0 Å². The van der Waals surface area contributed by atoms with Crippen molar-refractivity contribution in [3.05, 3.63) is 28.8 Å². The number of halogens is 2. The molecule has 0 saturated carbocycles. The fourth-order valence-electron chi connectivity index (χ4n) is 1.98. The van der Waals surface area contributed by atoms with E-state index in [1.807, 2.05) is 19.1 Å². The Labute approximate surface area is 119 Å². The van der Waals surface area contributed by atoms with Gasteiger partial charge in [0.25, 0.3) is 0 Å². The molecule has 5 heteroatoms. The molecular weight excluding hydrogens is 271 g/mol. The largest absolute Gasteiger partial charge is 0.325 e. The molecule has 1 fully saturated rings. The average molecular weight is 289 g/mol. The molecule has 0 aromatic heterocycles. The minimum atomic E-state index is -0.0659. The number of carbonyl (C=O) groups is 1. The van der Waals surface area contributed by atoms with Gasteiger partial charge in [-0.2, -0.15) is 0 Å². The van der Waals surface area contributed by atoms with E-state index in [0.29, 0.717) is 5.02 Å². The average Bonchev–Trinajstić information content (AvgIpc) is 2.35. The number of benzene rings is 1. The van der Waals surface area contributed by atoms with E-state index in [9.17, 15) is 4.79 Å². The topological polar surface area (TPSA) is 41.1 Å². The minimum absolute atomic E-state index is 0. The van der Waals surface area contributed by atoms with Gasteiger partial charge in [0.1, 0.15) is 0 Å². The van der Waals surface area contributed by atoms with Crippen molar-refractivity contribution in [2.24, 2.45) is 0 Å².